The van der Waals surface area contributed by atoms with Crippen LogP contribution in [0, 0.1) is 25.2 Å². The number of hydrogen-bond donors (Lipinski definition) is 1. The van der Waals surface area contributed by atoms with Crippen molar-refractivity contribution in [2.45, 2.75) is 19.9 Å². The molecule has 6 heteroatoms. The molecule has 0 fully saturated rings. The molecule has 1 N–H and O–H groups in total. The second kappa shape index (κ2) is 7.42. The molecular weight excluding hydrogens is 348 g/mol. The fourth-order valence-corrected chi connectivity index (χ4v) is 2.96. The van der Waals surface area contributed by atoms with Crippen LogP contribution in [-0.2, 0) is 0 Å². The minimum atomic E-state index is -0.789. The Morgan fingerprint density at radius 1 is 1.23 bits per heavy atom. The number of carbonyl (C=O) groups is 1. The number of rotatable bonds is 4. The number of aromatic nitrogens is 2. The summed E-state index contributed by atoms with van der Waals surface area (Å²) >= 11 is 5.98. The Kier molecular flexibility index (Phi) is 5.06. The summed E-state index contributed by atoms with van der Waals surface area (Å²) in [5.41, 5.74) is 3.74. The van der Waals surface area contributed by atoms with E-state index in [4.69, 9.17) is 11.6 Å². The predicted octanol–water partition coefficient (Wildman–Crippen LogP) is 4.14. The molecule has 0 aliphatic heterocycles. The standard InChI is InChI=1S/C20H17ClN4O/c1-13-6-3-4-9-19(13)25-14(2)17(12-23-25)20(26)24-18(11-22)15-7-5-8-16(21)10-15/h3-10,12,18H,1-2H3,(H,24,26). The maximum Gasteiger partial charge on any atom is 0.256 e. The molecule has 1 amide bonds. The van der Waals surface area contributed by atoms with Crippen LogP contribution in [0.2, 0.25) is 5.02 Å². The molecule has 3 aromatic rings. The molecule has 5 nitrogen and oxygen atoms in total. The Labute approximate surface area is 156 Å². The van der Waals surface area contributed by atoms with Gasteiger partial charge in [-0.25, -0.2) is 4.68 Å². The molecule has 1 atom stereocenters. The second-order valence-electron chi connectivity index (χ2n) is 5.93. The third-order valence-electron chi connectivity index (χ3n) is 4.18. The lowest BCUT2D eigenvalue weighted by Gasteiger charge is -2.12. The Hall–Kier alpha value is -3.10. The molecular formula is C20H17ClN4O. The van der Waals surface area contributed by atoms with Gasteiger partial charge in [-0.05, 0) is 43.2 Å². The normalized spacial score (nSPS) is 11.6. The summed E-state index contributed by atoms with van der Waals surface area (Å²) in [5.74, 6) is -0.353. The van der Waals surface area contributed by atoms with Gasteiger partial charge in [-0.3, -0.25) is 4.79 Å². The van der Waals surface area contributed by atoms with E-state index in [9.17, 15) is 10.1 Å². The summed E-state index contributed by atoms with van der Waals surface area (Å²) in [5, 5.41) is 17.0. The first-order valence-corrected chi connectivity index (χ1v) is 8.45. The van der Waals surface area contributed by atoms with Crippen LogP contribution in [0.25, 0.3) is 5.69 Å². The van der Waals surface area contributed by atoms with Gasteiger partial charge >= 0.3 is 0 Å². The molecule has 0 bridgehead atoms. The zero-order chi connectivity index (χ0) is 18.7. The van der Waals surface area contributed by atoms with Crippen LogP contribution < -0.4 is 5.32 Å². The van der Waals surface area contributed by atoms with Crippen LogP contribution in [0.1, 0.15) is 33.2 Å². The maximum atomic E-state index is 12.7. The number of carbonyl (C=O) groups excluding carboxylic acids is 1. The maximum absolute atomic E-state index is 12.7. The highest BCUT2D eigenvalue weighted by atomic mass is 35.5. The number of nitrogens with one attached hydrogen (secondary N) is 1. The van der Waals surface area contributed by atoms with Crippen molar-refractivity contribution < 1.29 is 4.79 Å². The summed E-state index contributed by atoms with van der Waals surface area (Å²) in [6, 6.07) is 16.0. The van der Waals surface area contributed by atoms with E-state index in [0.29, 0.717) is 21.8 Å². The molecule has 26 heavy (non-hydrogen) atoms. The van der Waals surface area contributed by atoms with Crippen molar-refractivity contribution in [3.63, 3.8) is 0 Å². The number of para-hydroxylation sites is 1. The van der Waals surface area contributed by atoms with E-state index < -0.39 is 6.04 Å². The minimum absolute atomic E-state index is 0.353. The molecule has 0 radical (unpaired) electrons. The Morgan fingerprint density at radius 3 is 2.69 bits per heavy atom. The Balaban J connectivity index is 1.87. The summed E-state index contributed by atoms with van der Waals surface area (Å²) in [7, 11) is 0. The smallest absolute Gasteiger partial charge is 0.256 e. The van der Waals surface area contributed by atoms with Crippen LogP contribution in [0.5, 0.6) is 0 Å². The summed E-state index contributed by atoms with van der Waals surface area (Å²) in [6.45, 7) is 3.82. The van der Waals surface area contributed by atoms with Crippen molar-refractivity contribution in [3.8, 4) is 11.8 Å². The van der Waals surface area contributed by atoms with Crippen molar-refractivity contribution in [1.82, 2.24) is 15.1 Å². The van der Waals surface area contributed by atoms with E-state index in [2.05, 4.69) is 16.5 Å². The van der Waals surface area contributed by atoms with Crippen LogP contribution in [0.15, 0.2) is 54.7 Å². The molecule has 1 aromatic heterocycles. The number of nitrogens with zero attached hydrogens (tertiary/aromatic N) is 3. The zero-order valence-corrected chi connectivity index (χ0v) is 15.2. The molecule has 0 aliphatic rings. The highest BCUT2D eigenvalue weighted by Gasteiger charge is 2.20. The number of amides is 1. The topological polar surface area (TPSA) is 70.7 Å². The lowest BCUT2D eigenvalue weighted by molar-refractivity contribution is 0.0944. The molecule has 0 spiro atoms. The molecule has 0 aliphatic carbocycles. The third kappa shape index (κ3) is 3.46. The van der Waals surface area contributed by atoms with Crippen molar-refractivity contribution in [3.05, 3.63) is 82.1 Å². The van der Waals surface area contributed by atoms with Gasteiger partial charge in [0.1, 0.15) is 6.04 Å². The number of hydrogen-bond acceptors (Lipinski definition) is 3. The van der Waals surface area contributed by atoms with E-state index >= 15 is 0 Å². The van der Waals surface area contributed by atoms with Crippen LogP contribution >= 0.6 is 11.6 Å². The fourth-order valence-electron chi connectivity index (χ4n) is 2.76. The van der Waals surface area contributed by atoms with Gasteiger partial charge in [-0.2, -0.15) is 10.4 Å². The highest BCUT2D eigenvalue weighted by molar-refractivity contribution is 6.30. The van der Waals surface area contributed by atoms with Gasteiger partial charge < -0.3 is 5.32 Å². The predicted molar refractivity (Wildman–Crippen MR) is 100 cm³/mol. The van der Waals surface area contributed by atoms with Crippen LogP contribution in [0.4, 0.5) is 0 Å². The van der Waals surface area contributed by atoms with Crippen molar-refractivity contribution >= 4 is 17.5 Å². The lowest BCUT2D eigenvalue weighted by atomic mass is 10.1. The molecule has 3 rings (SSSR count). The molecule has 1 heterocycles. The van der Waals surface area contributed by atoms with Gasteiger partial charge in [0.15, 0.2) is 0 Å². The monoisotopic (exact) mass is 364 g/mol. The first kappa shape index (κ1) is 17.7. The third-order valence-corrected chi connectivity index (χ3v) is 4.42. The number of benzene rings is 2. The van der Waals surface area contributed by atoms with E-state index in [1.807, 2.05) is 38.1 Å². The molecule has 130 valence electrons. The van der Waals surface area contributed by atoms with E-state index in [-0.39, 0.29) is 5.91 Å². The number of halogens is 1. The largest absolute Gasteiger partial charge is 0.332 e. The van der Waals surface area contributed by atoms with E-state index in [1.54, 1.807) is 28.9 Å². The van der Waals surface area contributed by atoms with E-state index in [0.717, 1.165) is 11.3 Å². The van der Waals surface area contributed by atoms with Crippen LogP contribution in [-0.4, -0.2) is 15.7 Å². The van der Waals surface area contributed by atoms with Gasteiger partial charge in [0.2, 0.25) is 0 Å². The minimum Gasteiger partial charge on any atom is -0.332 e. The zero-order valence-electron chi connectivity index (χ0n) is 14.4. The molecule has 1 unspecified atom stereocenters. The van der Waals surface area contributed by atoms with Gasteiger partial charge in [0.05, 0.1) is 29.2 Å². The summed E-state index contributed by atoms with van der Waals surface area (Å²) in [6.07, 6.45) is 1.52. The summed E-state index contributed by atoms with van der Waals surface area (Å²) in [4.78, 5) is 12.7. The lowest BCUT2D eigenvalue weighted by Crippen LogP contribution is -2.28. The molecule has 0 saturated heterocycles. The van der Waals surface area contributed by atoms with Gasteiger partial charge in [-0.1, -0.05) is 41.9 Å². The first-order valence-electron chi connectivity index (χ1n) is 8.08. The van der Waals surface area contributed by atoms with Gasteiger partial charge in [-0.15, -0.1) is 0 Å². The molecule has 2 aromatic carbocycles. The second-order valence-corrected chi connectivity index (χ2v) is 6.37. The first-order chi connectivity index (χ1) is 12.5. The molecule has 0 saturated carbocycles. The van der Waals surface area contributed by atoms with Crippen LogP contribution in [0.3, 0.4) is 0 Å². The number of nitriles is 1. The highest BCUT2D eigenvalue weighted by Crippen LogP contribution is 2.20. The SMILES string of the molecule is Cc1ccccc1-n1ncc(C(=O)NC(C#N)c2cccc(Cl)c2)c1C. The number of aryl methyl sites for hydroxylation is 1. The summed E-state index contributed by atoms with van der Waals surface area (Å²) < 4.78 is 1.73. The Morgan fingerprint density at radius 2 is 2.00 bits per heavy atom. The quantitative estimate of drug-likeness (QED) is 0.756. The Bertz CT molecular complexity index is 1000. The average Bonchev–Trinajstić information content (AvgIpc) is 3.01. The van der Waals surface area contributed by atoms with Crippen molar-refractivity contribution in [1.29, 1.82) is 5.26 Å². The van der Waals surface area contributed by atoms with Gasteiger partial charge in [0.25, 0.3) is 5.91 Å². The average molecular weight is 365 g/mol. The van der Waals surface area contributed by atoms with Crippen molar-refractivity contribution in [2.75, 3.05) is 0 Å². The van der Waals surface area contributed by atoms with E-state index in [1.165, 1.54) is 6.20 Å². The van der Waals surface area contributed by atoms with Crippen molar-refractivity contribution in [2.24, 2.45) is 0 Å². The van der Waals surface area contributed by atoms with Gasteiger partial charge in [0, 0.05) is 5.02 Å². The fraction of sp³-hybridized carbons (Fsp3) is 0.150.